The van der Waals surface area contributed by atoms with Crippen LogP contribution in [0.15, 0.2) is 71.8 Å². The third-order valence-electron chi connectivity index (χ3n) is 2.09. The molecule has 0 fully saturated rings. The van der Waals surface area contributed by atoms with Gasteiger partial charge in [-0.3, -0.25) is 4.79 Å². The maximum Gasteiger partial charge on any atom is 0.159 e. The molecule has 0 unspecified atom stereocenters. The molecule has 0 atom stereocenters. The number of ketones is 1. The molecule has 1 nitrogen and oxygen atoms in total. The molecule has 0 aromatic heterocycles. The van der Waals surface area contributed by atoms with Crippen molar-refractivity contribution in [1.29, 1.82) is 0 Å². The Labute approximate surface area is 111 Å². The molecule has 0 saturated heterocycles. The molecule has 0 radical (unpaired) electrons. The zero-order chi connectivity index (χ0) is 13.8. The number of carbonyl (C=O) groups is 1. The van der Waals surface area contributed by atoms with E-state index in [1.165, 1.54) is 5.57 Å². The van der Waals surface area contributed by atoms with E-state index in [1.807, 2.05) is 81.5 Å². The van der Waals surface area contributed by atoms with E-state index in [-0.39, 0.29) is 5.78 Å². The summed E-state index contributed by atoms with van der Waals surface area (Å²) in [7, 11) is 0. The summed E-state index contributed by atoms with van der Waals surface area (Å²) < 4.78 is 0. The molecular formula is C17H22O. The molecule has 0 aliphatic rings. The van der Waals surface area contributed by atoms with Crippen LogP contribution in [0, 0.1) is 0 Å². The molecule has 1 aromatic rings. The van der Waals surface area contributed by atoms with Gasteiger partial charge >= 0.3 is 0 Å². The van der Waals surface area contributed by atoms with E-state index < -0.39 is 0 Å². The standard InChI is InChI=1S/C11H16O.C6H6/c1-5-11(10(4)12)8-6-7-9(2)3;1-2-4-6-5-3-1/h5-8H,1-4H3;1-6H/b8-6-,11-5+;. The smallest absolute Gasteiger partial charge is 0.159 e. The largest absolute Gasteiger partial charge is 0.295 e. The molecule has 0 aliphatic carbocycles. The van der Waals surface area contributed by atoms with Crippen LogP contribution in [0.4, 0.5) is 0 Å². The van der Waals surface area contributed by atoms with Gasteiger partial charge in [-0.2, -0.15) is 0 Å². The minimum Gasteiger partial charge on any atom is -0.295 e. The van der Waals surface area contributed by atoms with Crippen LogP contribution in [0.3, 0.4) is 0 Å². The van der Waals surface area contributed by atoms with Crippen LogP contribution in [0.25, 0.3) is 0 Å². The summed E-state index contributed by atoms with van der Waals surface area (Å²) in [5.41, 5.74) is 1.98. The van der Waals surface area contributed by atoms with E-state index in [0.29, 0.717) is 0 Å². The lowest BCUT2D eigenvalue weighted by Gasteiger charge is -1.91. The Balaban J connectivity index is 0.000000397. The average Bonchev–Trinajstić information content (AvgIpc) is 2.37. The predicted molar refractivity (Wildman–Crippen MR) is 79.5 cm³/mol. The van der Waals surface area contributed by atoms with Gasteiger partial charge in [-0.05, 0) is 27.7 Å². The summed E-state index contributed by atoms with van der Waals surface area (Å²) in [6.07, 6.45) is 7.52. The molecule has 96 valence electrons. The Morgan fingerprint density at radius 3 is 1.61 bits per heavy atom. The van der Waals surface area contributed by atoms with Gasteiger partial charge in [0.25, 0.3) is 0 Å². The molecule has 0 heterocycles. The highest BCUT2D eigenvalue weighted by Crippen LogP contribution is 1.99. The first-order valence-electron chi connectivity index (χ1n) is 6.06. The van der Waals surface area contributed by atoms with E-state index in [9.17, 15) is 4.79 Å². The Morgan fingerprint density at radius 1 is 0.889 bits per heavy atom. The first-order chi connectivity index (χ1) is 8.57. The van der Waals surface area contributed by atoms with Crippen LogP contribution < -0.4 is 0 Å². The molecular weight excluding hydrogens is 220 g/mol. The number of benzene rings is 1. The normalized spacial score (nSPS) is 10.6. The maximum atomic E-state index is 10.9. The quantitative estimate of drug-likeness (QED) is 0.553. The first-order valence-corrected chi connectivity index (χ1v) is 6.06. The van der Waals surface area contributed by atoms with Crippen LogP contribution in [0.5, 0.6) is 0 Å². The van der Waals surface area contributed by atoms with Crippen molar-refractivity contribution >= 4 is 5.78 Å². The van der Waals surface area contributed by atoms with Gasteiger partial charge in [-0.15, -0.1) is 0 Å². The fourth-order valence-electron chi connectivity index (χ4n) is 1.15. The zero-order valence-electron chi connectivity index (χ0n) is 11.7. The maximum absolute atomic E-state index is 10.9. The summed E-state index contributed by atoms with van der Waals surface area (Å²) >= 11 is 0. The van der Waals surface area contributed by atoms with Gasteiger partial charge in [0.2, 0.25) is 0 Å². The molecule has 1 heteroatoms. The second-order valence-corrected chi connectivity index (χ2v) is 4.06. The van der Waals surface area contributed by atoms with Crippen LogP contribution in [-0.2, 0) is 4.79 Å². The van der Waals surface area contributed by atoms with Crippen molar-refractivity contribution in [3.63, 3.8) is 0 Å². The van der Waals surface area contributed by atoms with Gasteiger partial charge in [0.1, 0.15) is 0 Å². The Kier molecular flexibility index (Phi) is 9.20. The minimum atomic E-state index is 0.107. The summed E-state index contributed by atoms with van der Waals surface area (Å²) in [5.74, 6) is 0.107. The van der Waals surface area contributed by atoms with Gasteiger partial charge in [0.05, 0.1) is 0 Å². The van der Waals surface area contributed by atoms with Gasteiger partial charge in [-0.1, -0.05) is 66.3 Å². The van der Waals surface area contributed by atoms with Crippen LogP contribution in [0.1, 0.15) is 27.7 Å². The Hall–Kier alpha value is -1.89. The lowest BCUT2D eigenvalue weighted by molar-refractivity contribution is -0.113. The van der Waals surface area contributed by atoms with Gasteiger partial charge < -0.3 is 0 Å². The number of carbonyl (C=O) groups excluding carboxylic acids is 1. The van der Waals surface area contributed by atoms with Crippen LogP contribution in [-0.4, -0.2) is 5.78 Å². The lowest BCUT2D eigenvalue weighted by Crippen LogP contribution is -1.91. The van der Waals surface area contributed by atoms with E-state index >= 15 is 0 Å². The van der Waals surface area contributed by atoms with Crippen molar-refractivity contribution in [3.05, 3.63) is 71.8 Å². The fourth-order valence-corrected chi connectivity index (χ4v) is 1.15. The topological polar surface area (TPSA) is 17.1 Å². The van der Waals surface area contributed by atoms with Crippen molar-refractivity contribution in [3.8, 4) is 0 Å². The molecule has 0 saturated carbocycles. The van der Waals surface area contributed by atoms with Crippen molar-refractivity contribution in [1.82, 2.24) is 0 Å². The fraction of sp³-hybridized carbons (Fsp3) is 0.235. The van der Waals surface area contributed by atoms with Crippen molar-refractivity contribution in [2.24, 2.45) is 0 Å². The van der Waals surface area contributed by atoms with E-state index in [2.05, 4.69) is 0 Å². The predicted octanol–water partition coefficient (Wildman–Crippen LogP) is 4.73. The monoisotopic (exact) mass is 242 g/mol. The number of Topliss-reactive ketones (excluding diaryl/α,β-unsaturated/α-hetero) is 1. The van der Waals surface area contributed by atoms with E-state index in [0.717, 1.165) is 5.57 Å². The summed E-state index contributed by atoms with van der Waals surface area (Å²) in [5, 5.41) is 0. The third-order valence-corrected chi connectivity index (χ3v) is 2.09. The number of rotatable bonds is 3. The molecule has 1 aromatic carbocycles. The molecule has 0 aliphatic heterocycles. The molecule has 0 N–H and O–H groups in total. The number of allylic oxidation sites excluding steroid dienone is 6. The van der Waals surface area contributed by atoms with Crippen molar-refractivity contribution < 1.29 is 4.79 Å². The van der Waals surface area contributed by atoms with Gasteiger partial charge in [0, 0.05) is 5.57 Å². The van der Waals surface area contributed by atoms with E-state index in [4.69, 9.17) is 0 Å². The molecule has 0 bridgehead atoms. The summed E-state index contributed by atoms with van der Waals surface area (Å²) in [4.78, 5) is 10.9. The second-order valence-electron chi connectivity index (χ2n) is 4.06. The first kappa shape index (κ1) is 16.1. The van der Waals surface area contributed by atoms with Gasteiger partial charge in [0.15, 0.2) is 5.78 Å². The highest BCUT2D eigenvalue weighted by Gasteiger charge is 1.94. The van der Waals surface area contributed by atoms with Crippen LogP contribution in [0.2, 0.25) is 0 Å². The average molecular weight is 242 g/mol. The highest BCUT2D eigenvalue weighted by molar-refractivity contribution is 5.95. The lowest BCUT2D eigenvalue weighted by atomic mass is 10.1. The molecule has 0 spiro atoms. The van der Waals surface area contributed by atoms with Gasteiger partial charge in [-0.25, -0.2) is 0 Å². The zero-order valence-corrected chi connectivity index (χ0v) is 11.7. The van der Waals surface area contributed by atoms with Crippen LogP contribution >= 0.6 is 0 Å². The molecule has 18 heavy (non-hydrogen) atoms. The van der Waals surface area contributed by atoms with E-state index in [1.54, 1.807) is 6.92 Å². The Morgan fingerprint density at radius 2 is 1.33 bits per heavy atom. The Bertz CT molecular complexity index is 391. The third kappa shape index (κ3) is 9.34. The summed E-state index contributed by atoms with van der Waals surface area (Å²) in [6, 6.07) is 12.0. The molecule has 0 amide bonds. The summed E-state index contributed by atoms with van der Waals surface area (Å²) in [6.45, 7) is 7.48. The van der Waals surface area contributed by atoms with Crippen molar-refractivity contribution in [2.75, 3.05) is 0 Å². The minimum absolute atomic E-state index is 0.107. The second kappa shape index (κ2) is 10.3. The molecule has 1 rings (SSSR count). The number of hydrogen-bond acceptors (Lipinski definition) is 1. The van der Waals surface area contributed by atoms with Crippen molar-refractivity contribution in [2.45, 2.75) is 27.7 Å². The highest BCUT2D eigenvalue weighted by atomic mass is 16.1. The SMILES string of the molecule is C/C=C(\C=C/C=C(C)C)C(C)=O.c1ccccc1. The number of hydrogen-bond donors (Lipinski definition) is 0.